The maximum Gasteiger partial charge on any atom is 0.190 e. The van der Waals surface area contributed by atoms with Gasteiger partial charge in [-0.25, -0.2) is 0 Å². The molecule has 3 heteroatoms. The van der Waals surface area contributed by atoms with Gasteiger partial charge in [0.1, 0.15) is 6.10 Å². The van der Waals surface area contributed by atoms with Gasteiger partial charge < -0.3 is 14.6 Å². The molecular formula is C6H14O3. The highest BCUT2D eigenvalue weighted by Crippen LogP contribution is 2.14. The van der Waals surface area contributed by atoms with E-state index in [9.17, 15) is 0 Å². The van der Waals surface area contributed by atoms with Crippen LogP contribution in [-0.4, -0.2) is 31.2 Å². The quantitative estimate of drug-likeness (QED) is 0.567. The molecular weight excluding hydrogens is 120 g/mol. The minimum Gasteiger partial charge on any atom is -0.388 e. The predicted octanol–water partition coefficient (Wildman–Crippen LogP) is 0.376. The average molecular weight is 134 g/mol. The molecule has 1 unspecified atom stereocenters. The summed E-state index contributed by atoms with van der Waals surface area (Å²) in [5.74, 6) is -0.861. The molecule has 1 atom stereocenters. The molecule has 0 aromatic heterocycles. The second-order valence-electron chi connectivity index (χ2n) is 2.10. The maximum absolute atomic E-state index is 9.02. The van der Waals surface area contributed by atoms with Crippen LogP contribution in [0, 0.1) is 0 Å². The first-order valence-electron chi connectivity index (χ1n) is 2.85. The van der Waals surface area contributed by atoms with Crippen LogP contribution in [-0.2, 0) is 9.47 Å². The highest BCUT2D eigenvalue weighted by Gasteiger charge is 2.28. The van der Waals surface area contributed by atoms with Crippen molar-refractivity contribution < 1.29 is 14.6 Å². The van der Waals surface area contributed by atoms with Crippen molar-refractivity contribution in [3.63, 3.8) is 0 Å². The molecule has 0 aromatic carbocycles. The summed E-state index contributed by atoms with van der Waals surface area (Å²) >= 11 is 0. The van der Waals surface area contributed by atoms with Crippen molar-refractivity contribution in [1.82, 2.24) is 0 Å². The summed E-state index contributed by atoms with van der Waals surface area (Å²) in [5, 5.41) is 9.02. The molecule has 0 aliphatic heterocycles. The highest BCUT2D eigenvalue weighted by atomic mass is 16.7. The van der Waals surface area contributed by atoms with Gasteiger partial charge in [-0.2, -0.15) is 0 Å². The van der Waals surface area contributed by atoms with Gasteiger partial charge in [0.15, 0.2) is 5.79 Å². The molecule has 0 spiro atoms. The van der Waals surface area contributed by atoms with Crippen molar-refractivity contribution in [1.29, 1.82) is 0 Å². The van der Waals surface area contributed by atoms with Crippen LogP contribution in [0.25, 0.3) is 0 Å². The van der Waals surface area contributed by atoms with Crippen LogP contribution in [0.4, 0.5) is 0 Å². The standard InChI is InChI=1S/C6H14O3/c1-5(7)6(2,8-3)9-4/h5,7H,1-4H3. The Morgan fingerprint density at radius 1 is 1.33 bits per heavy atom. The number of hydrogen-bond donors (Lipinski definition) is 1. The molecule has 9 heavy (non-hydrogen) atoms. The van der Waals surface area contributed by atoms with Crippen molar-refractivity contribution in [2.24, 2.45) is 0 Å². The molecule has 0 amide bonds. The average Bonchev–Trinajstić information content (AvgIpc) is 1.86. The lowest BCUT2D eigenvalue weighted by Crippen LogP contribution is -2.41. The Hall–Kier alpha value is -0.120. The minimum atomic E-state index is -0.861. The van der Waals surface area contributed by atoms with E-state index in [-0.39, 0.29) is 0 Å². The molecule has 0 heterocycles. The number of aliphatic hydroxyl groups excluding tert-OH is 1. The van der Waals surface area contributed by atoms with Crippen molar-refractivity contribution in [3.8, 4) is 0 Å². The lowest BCUT2D eigenvalue weighted by molar-refractivity contribution is -0.242. The Balaban J connectivity index is 3.92. The molecule has 0 saturated carbocycles. The predicted molar refractivity (Wildman–Crippen MR) is 34.1 cm³/mol. The molecule has 0 fully saturated rings. The fourth-order valence-electron chi connectivity index (χ4n) is 0.424. The summed E-state index contributed by atoms with van der Waals surface area (Å²) in [6.07, 6.45) is -0.618. The zero-order valence-corrected chi connectivity index (χ0v) is 6.34. The maximum atomic E-state index is 9.02. The van der Waals surface area contributed by atoms with Gasteiger partial charge in [-0.1, -0.05) is 0 Å². The van der Waals surface area contributed by atoms with Crippen molar-refractivity contribution in [2.75, 3.05) is 14.2 Å². The monoisotopic (exact) mass is 134 g/mol. The van der Waals surface area contributed by atoms with E-state index in [4.69, 9.17) is 14.6 Å². The van der Waals surface area contributed by atoms with E-state index in [0.29, 0.717) is 0 Å². The summed E-state index contributed by atoms with van der Waals surface area (Å²) in [4.78, 5) is 0. The van der Waals surface area contributed by atoms with E-state index in [2.05, 4.69) is 0 Å². The highest BCUT2D eigenvalue weighted by molar-refractivity contribution is 4.67. The molecule has 3 nitrogen and oxygen atoms in total. The zero-order chi connectivity index (χ0) is 7.49. The lowest BCUT2D eigenvalue weighted by Gasteiger charge is -2.28. The van der Waals surface area contributed by atoms with Crippen LogP contribution >= 0.6 is 0 Å². The van der Waals surface area contributed by atoms with E-state index in [1.165, 1.54) is 14.2 Å². The SMILES string of the molecule is COC(C)(OC)C(C)O. The zero-order valence-electron chi connectivity index (χ0n) is 6.34. The fraction of sp³-hybridized carbons (Fsp3) is 1.00. The van der Waals surface area contributed by atoms with Crippen molar-refractivity contribution >= 4 is 0 Å². The molecule has 0 aliphatic rings. The van der Waals surface area contributed by atoms with Crippen LogP contribution in [0.15, 0.2) is 0 Å². The Labute approximate surface area is 55.6 Å². The number of aliphatic hydroxyl groups is 1. The summed E-state index contributed by atoms with van der Waals surface area (Å²) in [6.45, 7) is 3.30. The molecule has 1 N–H and O–H groups in total. The van der Waals surface area contributed by atoms with Gasteiger partial charge in [-0.3, -0.25) is 0 Å². The van der Waals surface area contributed by atoms with E-state index in [0.717, 1.165) is 0 Å². The topological polar surface area (TPSA) is 38.7 Å². The molecule has 0 aromatic rings. The van der Waals surface area contributed by atoms with E-state index < -0.39 is 11.9 Å². The summed E-state index contributed by atoms with van der Waals surface area (Å²) < 4.78 is 9.75. The van der Waals surface area contributed by atoms with Gasteiger partial charge in [0.05, 0.1) is 0 Å². The van der Waals surface area contributed by atoms with Crippen LogP contribution in [0.2, 0.25) is 0 Å². The molecule has 56 valence electrons. The third kappa shape index (κ3) is 1.93. The van der Waals surface area contributed by atoms with Crippen molar-refractivity contribution in [3.05, 3.63) is 0 Å². The third-order valence-corrected chi connectivity index (χ3v) is 1.57. The van der Waals surface area contributed by atoms with Crippen LogP contribution in [0.3, 0.4) is 0 Å². The van der Waals surface area contributed by atoms with Gasteiger partial charge in [0.25, 0.3) is 0 Å². The van der Waals surface area contributed by atoms with Gasteiger partial charge >= 0.3 is 0 Å². The molecule has 0 radical (unpaired) electrons. The number of ether oxygens (including phenoxy) is 2. The number of methoxy groups -OCH3 is 2. The number of hydrogen-bond acceptors (Lipinski definition) is 3. The Kier molecular flexibility index (Phi) is 3.11. The first kappa shape index (κ1) is 8.88. The van der Waals surface area contributed by atoms with E-state index in [1.54, 1.807) is 13.8 Å². The Bertz CT molecular complexity index is 76.4. The first-order chi connectivity index (χ1) is 4.06. The summed E-state index contributed by atoms with van der Waals surface area (Å²) in [6, 6.07) is 0. The molecule has 0 aliphatic carbocycles. The smallest absolute Gasteiger partial charge is 0.190 e. The summed E-state index contributed by atoms with van der Waals surface area (Å²) in [5.41, 5.74) is 0. The van der Waals surface area contributed by atoms with Crippen LogP contribution in [0.1, 0.15) is 13.8 Å². The van der Waals surface area contributed by atoms with Gasteiger partial charge in [0, 0.05) is 14.2 Å². The van der Waals surface area contributed by atoms with E-state index >= 15 is 0 Å². The third-order valence-electron chi connectivity index (χ3n) is 1.57. The Morgan fingerprint density at radius 2 is 1.67 bits per heavy atom. The summed E-state index contributed by atoms with van der Waals surface area (Å²) in [7, 11) is 2.99. The molecule has 0 saturated heterocycles. The minimum absolute atomic E-state index is 0.618. The van der Waals surface area contributed by atoms with E-state index in [1.807, 2.05) is 0 Å². The van der Waals surface area contributed by atoms with Gasteiger partial charge in [0.2, 0.25) is 0 Å². The lowest BCUT2D eigenvalue weighted by atomic mass is 10.2. The first-order valence-corrected chi connectivity index (χ1v) is 2.85. The fourth-order valence-corrected chi connectivity index (χ4v) is 0.424. The van der Waals surface area contributed by atoms with Crippen LogP contribution in [0.5, 0.6) is 0 Å². The second kappa shape index (κ2) is 3.15. The van der Waals surface area contributed by atoms with Crippen LogP contribution < -0.4 is 0 Å². The number of rotatable bonds is 3. The normalized spacial score (nSPS) is 15.7. The van der Waals surface area contributed by atoms with Crippen molar-refractivity contribution in [2.45, 2.75) is 25.7 Å². The van der Waals surface area contributed by atoms with Gasteiger partial charge in [-0.05, 0) is 13.8 Å². The molecule has 0 rings (SSSR count). The largest absolute Gasteiger partial charge is 0.388 e. The molecule has 0 bridgehead atoms. The second-order valence-corrected chi connectivity index (χ2v) is 2.10. The Morgan fingerprint density at radius 3 is 1.67 bits per heavy atom. The van der Waals surface area contributed by atoms with Gasteiger partial charge in [-0.15, -0.1) is 0 Å².